The molecule has 0 spiro atoms. The number of rotatable bonds is 5. The Labute approximate surface area is 97.0 Å². The van der Waals surface area contributed by atoms with Gasteiger partial charge in [0, 0.05) is 25.7 Å². The van der Waals surface area contributed by atoms with Crippen molar-refractivity contribution in [3.05, 3.63) is 29.8 Å². The van der Waals surface area contributed by atoms with Crippen molar-refractivity contribution in [3.8, 4) is 0 Å². The Bertz CT molecular complexity index is 332. The summed E-state index contributed by atoms with van der Waals surface area (Å²) in [4.78, 5) is 13.1. The molecule has 0 fully saturated rings. The van der Waals surface area contributed by atoms with E-state index in [1.165, 1.54) is 18.4 Å². The average Bonchev–Trinajstić information content (AvgIpc) is 2.29. The van der Waals surface area contributed by atoms with Crippen molar-refractivity contribution in [3.63, 3.8) is 0 Å². The number of ether oxygens (including phenoxy) is 1. The second-order valence-corrected chi connectivity index (χ2v) is 3.94. The molecule has 0 radical (unpaired) electrons. The van der Waals surface area contributed by atoms with Crippen LogP contribution in [0.3, 0.4) is 0 Å². The molecule has 1 aromatic carbocycles. The number of hydrogen-bond donors (Lipinski definition) is 0. The first-order valence-electron chi connectivity index (χ1n) is 5.48. The molecule has 3 nitrogen and oxygen atoms in total. The van der Waals surface area contributed by atoms with Crippen LogP contribution in [0.1, 0.15) is 18.4 Å². The first-order chi connectivity index (χ1) is 7.63. The highest BCUT2D eigenvalue weighted by molar-refractivity contribution is 5.69. The normalized spacial score (nSPS) is 9.94. The number of benzene rings is 1. The molecule has 0 saturated carbocycles. The van der Waals surface area contributed by atoms with Gasteiger partial charge in [0.05, 0.1) is 7.11 Å². The molecule has 0 amide bonds. The van der Waals surface area contributed by atoms with Gasteiger partial charge in [0.2, 0.25) is 0 Å². The highest BCUT2D eigenvalue weighted by atomic mass is 16.5. The van der Waals surface area contributed by atoms with Crippen LogP contribution in [-0.4, -0.2) is 26.7 Å². The van der Waals surface area contributed by atoms with E-state index in [1.54, 1.807) is 0 Å². The third kappa shape index (κ3) is 3.93. The minimum Gasteiger partial charge on any atom is -0.469 e. The van der Waals surface area contributed by atoms with Gasteiger partial charge in [0.1, 0.15) is 0 Å². The molecule has 0 aliphatic carbocycles. The largest absolute Gasteiger partial charge is 0.469 e. The monoisotopic (exact) mass is 221 g/mol. The average molecular weight is 221 g/mol. The molecule has 3 heteroatoms. The molecular formula is C13H19NO2. The SMILES string of the molecule is COC(=O)CCCN(C)c1ccc(C)cc1. The summed E-state index contributed by atoms with van der Waals surface area (Å²) in [5.74, 6) is -0.141. The van der Waals surface area contributed by atoms with Crippen molar-refractivity contribution >= 4 is 11.7 Å². The van der Waals surface area contributed by atoms with Crippen LogP contribution in [0.25, 0.3) is 0 Å². The second kappa shape index (κ2) is 6.16. The highest BCUT2D eigenvalue weighted by Gasteiger charge is 2.03. The summed E-state index contributed by atoms with van der Waals surface area (Å²) in [7, 11) is 3.45. The Morgan fingerprint density at radius 1 is 1.31 bits per heavy atom. The molecule has 0 aromatic heterocycles. The maximum Gasteiger partial charge on any atom is 0.305 e. The van der Waals surface area contributed by atoms with Crippen molar-refractivity contribution in [1.29, 1.82) is 0 Å². The summed E-state index contributed by atoms with van der Waals surface area (Å²) >= 11 is 0. The van der Waals surface area contributed by atoms with E-state index in [0.717, 1.165) is 13.0 Å². The van der Waals surface area contributed by atoms with Gasteiger partial charge in [-0.15, -0.1) is 0 Å². The zero-order valence-electron chi connectivity index (χ0n) is 10.2. The van der Waals surface area contributed by atoms with Gasteiger partial charge in [-0.1, -0.05) is 17.7 Å². The fourth-order valence-electron chi connectivity index (χ4n) is 1.49. The molecule has 0 saturated heterocycles. The summed E-state index contributed by atoms with van der Waals surface area (Å²) in [6.07, 6.45) is 1.30. The number of nitrogens with zero attached hydrogens (tertiary/aromatic N) is 1. The van der Waals surface area contributed by atoms with Gasteiger partial charge >= 0.3 is 5.97 Å². The van der Waals surface area contributed by atoms with Crippen molar-refractivity contribution in [2.75, 3.05) is 25.6 Å². The van der Waals surface area contributed by atoms with E-state index >= 15 is 0 Å². The van der Waals surface area contributed by atoms with Gasteiger partial charge in [-0.25, -0.2) is 0 Å². The van der Waals surface area contributed by atoms with Gasteiger partial charge in [-0.2, -0.15) is 0 Å². The van der Waals surface area contributed by atoms with E-state index in [2.05, 4.69) is 40.8 Å². The highest BCUT2D eigenvalue weighted by Crippen LogP contribution is 2.13. The number of esters is 1. The Hall–Kier alpha value is -1.51. The minimum atomic E-state index is -0.141. The standard InChI is InChI=1S/C13H19NO2/c1-11-6-8-12(9-7-11)14(2)10-4-5-13(15)16-3/h6-9H,4-5,10H2,1-3H3. The number of aryl methyl sites for hydroxylation is 1. The van der Waals surface area contributed by atoms with E-state index in [9.17, 15) is 4.79 Å². The maximum absolute atomic E-state index is 10.9. The minimum absolute atomic E-state index is 0.141. The van der Waals surface area contributed by atoms with Gasteiger partial charge in [0.25, 0.3) is 0 Å². The van der Waals surface area contributed by atoms with Crippen LogP contribution in [0.5, 0.6) is 0 Å². The van der Waals surface area contributed by atoms with E-state index < -0.39 is 0 Å². The van der Waals surface area contributed by atoms with Gasteiger partial charge in [0.15, 0.2) is 0 Å². The first-order valence-corrected chi connectivity index (χ1v) is 5.48. The Morgan fingerprint density at radius 3 is 2.50 bits per heavy atom. The van der Waals surface area contributed by atoms with Crippen LogP contribution in [0.4, 0.5) is 5.69 Å². The number of hydrogen-bond acceptors (Lipinski definition) is 3. The zero-order valence-corrected chi connectivity index (χ0v) is 10.2. The summed E-state index contributed by atoms with van der Waals surface area (Å²) in [5.41, 5.74) is 2.43. The fourth-order valence-corrected chi connectivity index (χ4v) is 1.49. The lowest BCUT2D eigenvalue weighted by atomic mass is 10.2. The lowest BCUT2D eigenvalue weighted by Crippen LogP contribution is -2.19. The molecule has 0 bridgehead atoms. The summed E-state index contributed by atoms with van der Waals surface area (Å²) in [5, 5.41) is 0. The van der Waals surface area contributed by atoms with E-state index in [0.29, 0.717) is 6.42 Å². The van der Waals surface area contributed by atoms with Crippen molar-refractivity contribution in [1.82, 2.24) is 0 Å². The molecule has 0 unspecified atom stereocenters. The van der Waals surface area contributed by atoms with Crippen LogP contribution in [0, 0.1) is 6.92 Å². The second-order valence-electron chi connectivity index (χ2n) is 3.94. The lowest BCUT2D eigenvalue weighted by molar-refractivity contribution is -0.140. The third-order valence-electron chi connectivity index (χ3n) is 2.58. The van der Waals surface area contributed by atoms with Crippen molar-refractivity contribution in [2.45, 2.75) is 19.8 Å². The molecule has 1 rings (SSSR count). The Balaban J connectivity index is 2.37. The van der Waals surface area contributed by atoms with Crippen LogP contribution >= 0.6 is 0 Å². The molecule has 0 atom stereocenters. The topological polar surface area (TPSA) is 29.5 Å². The Morgan fingerprint density at radius 2 is 1.94 bits per heavy atom. The van der Waals surface area contributed by atoms with Crippen LogP contribution < -0.4 is 4.90 Å². The summed E-state index contributed by atoms with van der Waals surface area (Å²) in [6, 6.07) is 8.36. The lowest BCUT2D eigenvalue weighted by Gasteiger charge is -2.19. The third-order valence-corrected chi connectivity index (χ3v) is 2.58. The first kappa shape index (κ1) is 12.6. The van der Waals surface area contributed by atoms with Crippen molar-refractivity contribution < 1.29 is 9.53 Å². The molecule has 16 heavy (non-hydrogen) atoms. The molecule has 0 aliphatic rings. The van der Waals surface area contributed by atoms with E-state index in [1.807, 2.05) is 7.05 Å². The van der Waals surface area contributed by atoms with Crippen LogP contribution in [0.2, 0.25) is 0 Å². The molecule has 88 valence electrons. The predicted molar refractivity (Wildman–Crippen MR) is 65.7 cm³/mol. The quantitative estimate of drug-likeness (QED) is 0.715. The van der Waals surface area contributed by atoms with E-state index in [-0.39, 0.29) is 5.97 Å². The van der Waals surface area contributed by atoms with Gasteiger partial charge < -0.3 is 9.64 Å². The van der Waals surface area contributed by atoms with Crippen molar-refractivity contribution in [2.24, 2.45) is 0 Å². The Kier molecular flexibility index (Phi) is 4.83. The number of carbonyl (C=O) groups is 1. The van der Waals surface area contributed by atoms with Crippen LogP contribution in [-0.2, 0) is 9.53 Å². The fraction of sp³-hybridized carbons (Fsp3) is 0.462. The van der Waals surface area contributed by atoms with Crippen LogP contribution in [0.15, 0.2) is 24.3 Å². The molecule has 1 aromatic rings. The maximum atomic E-state index is 10.9. The zero-order chi connectivity index (χ0) is 12.0. The molecule has 0 N–H and O–H groups in total. The summed E-state index contributed by atoms with van der Waals surface area (Å²) < 4.78 is 4.60. The van der Waals surface area contributed by atoms with E-state index in [4.69, 9.17) is 0 Å². The molecular weight excluding hydrogens is 202 g/mol. The van der Waals surface area contributed by atoms with Gasteiger partial charge in [-0.05, 0) is 25.5 Å². The summed E-state index contributed by atoms with van der Waals surface area (Å²) in [6.45, 7) is 2.93. The smallest absolute Gasteiger partial charge is 0.305 e. The predicted octanol–water partition coefficient (Wildman–Crippen LogP) is 2.38. The van der Waals surface area contributed by atoms with Gasteiger partial charge in [-0.3, -0.25) is 4.79 Å². The number of methoxy groups -OCH3 is 1. The molecule has 0 aliphatic heterocycles. The number of carbonyl (C=O) groups excluding carboxylic acids is 1. The number of anilines is 1. The molecule has 0 heterocycles.